The summed E-state index contributed by atoms with van der Waals surface area (Å²) in [5.74, 6) is 3.40. The molecule has 1 fully saturated rings. The van der Waals surface area contributed by atoms with Crippen LogP contribution in [0.25, 0.3) is 0 Å². The lowest BCUT2D eigenvalue weighted by atomic mass is 10.1. The van der Waals surface area contributed by atoms with Crippen LogP contribution in [0.3, 0.4) is 0 Å². The zero-order valence-electron chi connectivity index (χ0n) is 8.96. The molecule has 0 aromatic heterocycles. The maximum atomic E-state index is 8.72. The van der Waals surface area contributed by atoms with E-state index in [0.717, 1.165) is 18.1 Å². The lowest BCUT2D eigenvalue weighted by molar-refractivity contribution is 0.621. The van der Waals surface area contributed by atoms with Gasteiger partial charge in [-0.2, -0.15) is 17.0 Å². The lowest BCUT2D eigenvalue weighted by Gasteiger charge is -2.09. The highest BCUT2D eigenvalue weighted by atomic mass is 32.2. The van der Waals surface area contributed by atoms with Crippen LogP contribution in [0.1, 0.15) is 32.1 Å². The Labute approximate surface area is 91.4 Å². The fraction of sp³-hybridized carbons (Fsp3) is 0.909. The zero-order chi connectivity index (χ0) is 10.2. The van der Waals surface area contributed by atoms with Gasteiger partial charge in [0.25, 0.3) is 0 Å². The van der Waals surface area contributed by atoms with Crippen molar-refractivity contribution < 1.29 is 0 Å². The second-order valence-electron chi connectivity index (χ2n) is 3.98. The van der Waals surface area contributed by atoms with Crippen LogP contribution in [0.15, 0.2) is 0 Å². The van der Waals surface area contributed by atoms with E-state index in [0.29, 0.717) is 0 Å². The van der Waals surface area contributed by atoms with Gasteiger partial charge in [-0.25, -0.2) is 0 Å². The van der Waals surface area contributed by atoms with Crippen molar-refractivity contribution in [2.45, 2.75) is 38.1 Å². The van der Waals surface area contributed by atoms with E-state index < -0.39 is 0 Å². The number of nitrogens with one attached hydrogen (secondary N) is 1. The Bertz CT molecular complexity index is 182. The third-order valence-electron chi connectivity index (χ3n) is 2.88. The molecule has 0 aromatic rings. The summed E-state index contributed by atoms with van der Waals surface area (Å²) in [6.45, 7) is 0. The molecule has 0 saturated heterocycles. The third-order valence-corrected chi connectivity index (χ3v) is 4.11. The number of nitriles is 1. The van der Waals surface area contributed by atoms with E-state index in [-0.39, 0.29) is 6.04 Å². The molecular formula is C11H20N2S. The van der Waals surface area contributed by atoms with Crippen molar-refractivity contribution in [3.8, 4) is 6.07 Å². The molecule has 0 aliphatic heterocycles. The quantitative estimate of drug-likeness (QED) is 0.687. The Hall–Kier alpha value is -0.200. The van der Waals surface area contributed by atoms with Crippen LogP contribution in [-0.4, -0.2) is 24.6 Å². The topological polar surface area (TPSA) is 35.8 Å². The zero-order valence-corrected chi connectivity index (χ0v) is 9.78. The van der Waals surface area contributed by atoms with Crippen molar-refractivity contribution in [3.05, 3.63) is 0 Å². The molecule has 0 spiro atoms. The van der Waals surface area contributed by atoms with Gasteiger partial charge in [-0.1, -0.05) is 12.8 Å². The van der Waals surface area contributed by atoms with Gasteiger partial charge < -0.3 is 5.32 Å². The number of thioether (sulfide) groups is 1. The largest absolute Gasteiger partial charge is 0.305 e. The lowest BCUT2D eigenvalue weighted by Crippen LogP contribution is -2.23. The fourth-order valence-corrected chi connectivity index (χ4v) is 3.14. The molecule has 1 N–H and O–H groups in total. The first-order valence-corrected chi connectivity index (χ1v) is 6.67. The summed E-state index contributed by atoms with van der Waals surface area (Å²) in [7, 11) is 1.86. The van der Waals surface area contributed by atoms with Gasteiger partial charge in [-0.3, -0.25) is 0 Å². The van der Waals surface area contributed by atoms with Crippen molar-refractivity contribution in [1.29, 1.82) is 5.26 Å². The first-order valence-electron chi connectivity index (χ1n) is 5.51. The van der Waals surface area contributed by atoms with Gasteiger partial charge in [-0.05, 0) is 43.7 Å². The molecule has 0 heterocycles. The maximum absolute atomic E-state index is 8.72. The van der Waals surface area contributed by atoms with Crippen molar-refractivity contribution in [1.82, 2.24) is 5.32 Å². The molecule has 1 unspecified atom stereocenters. The molecule has 1 aliphatic rings. The van der Waals surface area contributed by atoms with Crippen molar-refractivity contribution in [2.75, 3.05) is 18.6 Å². The Morgan fingerprint density at radius 2 is 2.21 bits per heavy atom. The van der Waals surface area contributed by atoms with E-state index >= 15 is 0 Å². The van der Waals surface area contributed by atoms with E-state index in [4.69, 9.17) is 5.26 Å². The van der Waals surface area contributed by atoms with E-state index in [1.54, 1.807) is 0 Å². The predicted octanol–water partition coefficient (Wildman–Crippen LogP) is 2.41. The summed E-state index contributed by atoms with van der Waals surface area (Å²) in [5, 5.41) is 11.7. The molecule has 0 bridgehead atoms. The first kappa shape index (κ1) is 11.9. The van der Waals surface area contributed by atoms with Crippen LogP contribution in [0, 0.1) is 17.2 Å². The standard InChI is InChI=1S/C11H20N2S/c1-13-11(8-12)6-7-14-9-10-4-2-3-5-10/h10-11,13H,2-7,9H2,1H3. The molecule has 1 saturated carbocycles. The van der Waals surface area contributed by atoms with Crippen molar-refractivity contribution >= 4 is 11.8 Å². The van der Waals surface area contributed by atoms with Crippen LogP contribution in [0.4, 0.5) is 0 Å². The molecule has 2 nitrogen and oxygen atoms in total. The second kappa shape index (κ2) is 7.14. The molecule has 1 atom stereocenters. The molecule has 0 amide bonds. The maximum Gasteiger partial charge on any atom is 0.0958 e. The highest BCUT2D eigenvalue weighted by molar-refractivity contribution is 7.99. The van der Waals surface area contributed by atoms with E-state index in [9.17, 15) is 0 Å². The summed E-state index contributed by atoms with van der Waals surface area (Å²) in [4.78, 5) is 0. The second-order valence-corrected chi connectivity index (χ2v) is 5.13. The minimum atomic E-state index is 0.0473. The minimum Gasteiger partial charge on any atom is -0.305 e. The van der Waals surface area contributed by atoms with E-state index in [1.807, 2.05) is 18.8 Å². The Morgan fingerprint density at radius 3 is 2.79 bits per heavy atom. The van der Waals surface area contributed by atoms with Gasteiger partial charge in [0.1, 0.15) is 0 Å². The highest BCUT2D eigenvalue weighted by Crippen LogP contribution is 2.27. The SMILES string of the molecule is CNC(C#N)CCSCC1CCCC1. The van der Waals surface area contributed by atoms with Gasteiger partial charge >= 0.3 is 0 Å². The van der Waals surface area contributed by atoms with Gasteiger partial charge in [-0.15, -0.1) is 0 Å². The summed E-state index contributed by atoms with van der Waals surface area (Å²) in [5.41, 5.74) is 0. The van der Waals surface area contributed by atoms with Crippen molar-refractivity contribution in [2.24, 2.45) is 5.92 Å². The molecule has 0 radical (unpaired) electrons. The monoisotopic (exact) mass is 212 g/mol. The smallest absolute Gasteiger partial charge is 0.0958 e. The van der Waals surface area contributed by atoms with Gasteiger partial charge in [0, 0.05) is 0 Å². The number of nitrogens with zero attached hydrogens (tertiary/aromatic N) is 1. The third kappa shape index (κ3) is 4.34. The van der Waals surface area contributed by atoms with E-state index in [2.05, 4.69) is 11.4 Å². The Balaban J connectivity index is 1.96. The van der Waals surface area contributed by atoms with Crippen LogP contribution >= 0.6 is 11.8 Å². The van der Waals surface area contributed by atoms with Crippen LogP contribution in [-0.2, 0) is 0 Å². The normalized spacial score (nSPS) is 19.4. The van der Waals surface area contributed by atoms with Crippen LogP contribution in [0.5, 0.6) is 0 Å². The fourth-order valence-electron chi connectivity index (χ4n) is 1.90. The Kier molecular flexibility index (Phi) is 6.05. The molecule has 1 aliphatic carbocycles. The van der Waals surface area contributed by atoms with Crippen molar-refractivity contribution in [3.63, 3.8) is 0 Å². The molecule has 0 aromatic carbocycles. The molecule has 14 heavy (non-hydrogen) atoms. The highest BCUT2D eigenvalue weighted by Gasteiger charge is 2.14. The average Bonchev–Trinajstić information content (AvgIpc) is 2.71. The molecule has 80 valence electrons. The first-order chi connectivity index (χ1) is 6.86. The number of hydrogen-bond donors (Lipinski definition) is 1. The number of rotatable bonds is 6. The summed E-state index contributed by atoms with van der Waals surface area (Å²) in [6, 6.07) is 2.30. The molecule has 3 heteroatoms. The van der Waals surface area contributed by atoms with Gasteiger partial charge in [0.05, 0.1) is 12.1 Å². The summed E-state index contributed by atoms with van der Waals surface area (Å²) in [6.07, 6.45) is 6.71. The number of hydrogen-bond acceptors (Lipinski definition) is 3. The summed E-state index contributed by atoms with van der Waals surface area (Å²) >= 11 is 2.02. The van der Waals surface area contributed by atoms with Crippen LogP contribution in [0.2, 0.25) is 0 Å². The average molecular weight is 212 g/mol. The van der Waals surface area contributed by atoms with Gasteiger partial charge in [0.15, 0.2) is 0 Å². The minimum absolute atomic E-state index is 0.0473. The predicted molar refractivity (Wildman–Crippen MR) is 62.4 cm³/mol. The van der Waals surface area contributed by atoms with Gasteiger partial charge in [0.2, 0.25) is 0 Å². The molecular weight excluding hydrogens is 192 g/mol. The molecule has 1 rings (SSSR count). The van der Waals surface area contributed by atoms with E-state index in [1.165, 1.54) is 31.4 Å². The summed E-state index contributed by atoms with van der Waals surface area (Å²) < 4.78 is 0. The van der Waals surface area contributed by atoms with Crippen LogP contribution < -0.4 is 5.32 Å². The Morgan fingerprint density at radius 1 is 1.50 bits per heavy atom.